The van der Waals surface area contributed by atoms with Crippen LogP contribution < -0.4 is 11.1 Å². The van der Waals surface area contributed by atoms with Gasteiger partial charge >= 0.3 is 0 Å². The minimum atomic E-state index is -0.583. The molecule has 0 aromatic carbocycles. The van der Waals surface area contributed by atoms with Gasteiger partial charge in [-0.15, -0.1) is 11.3 Å². The van der Waals surface area contributed by atoms with Crippen LogP contribution in [0.1, 0.15) is 49.5 Å². The Morgan fingerprint density at radius 2 is 2.42 bits per heavy atom. The first-order valence-electron chi connectivity index (χ1n) is 6.66. The number of hydrogen-bond acceptors (Lipinski definition) is 3. The van der Waals surface area contributed by atoms with Crippen molar-refractivity contribution in [2.45, 2.75) is 51.0 Å². The second-order valence-corrected chi connectivity index (χ2v) is 6.72. The summed E-state index contributed by atoms with van der Waals surface area (Å²) >= 11 is 6.82. The van der Waals surface area contributed by atoms with Crippen LogP contribution in [0.4, 0.5) is 0 Å². The number of carbonyl (C=O) groups is 1. The maximum Gasteiger partial charge on any atom is 0.228 e. The molecule has 2 rings (SSSR count). The highest BCUT2D eigenvalue weighted by Gasteiger charge is 2.33. The number of amides is 1. The Balaban J connectivity index is 2.16. The van der Waals surface area contributed by atoms with Crippen LogP contribution in [-0.2, 0) is 11.2 Å². The average Bonchev–Trinajstić information content (AvgIpc) is 2.86. The number of thiophene rings is 1. The number of fused-ring (bicyclic) bond motifs is 1. The van der Waals surface area contributed by atoms with Gasteiger partial charge in [0.15, 0.2) is 0 Å². The molecule has 1 amide bonds. The van der Waals surface area contributed by atoms with E-state index in [0.29, 0.717) is 11.4 Å². The quantitative estimate of drug-likeness (QED) is 0.840. The molecule has 1 heterocycles. The monoisotopic (exact) mass is 296 g/mol. The van der Waals surface area contributed by atoms with E-state index >= 15 is 0 Å². The number of carbonyl (C=O) groups excluding carboxylic acids is 1. The third-order valence-corrected chi connectivity index (χ3v) is 5.47. The highest BCUT2D eigenvalue weighted by atomic mass is 32.1. The lowest BCUT2D eigenvalue weighted by atomic mass is 9.86. The van der Waals surface area contributed by atoms with Crippen molar-refractivity contribution in [3.05, 3.63) is 21.9 Å². The number of nitrogens with two attached hydrogens (primary N) is 1. The zero-order valence-corrected chi connectivity index (χ0v) is 13.0. The van der Waals surface area contributed by atoms with Crippen LogP contribution in [0.25, 0.3) is 0 Å². The molecule has 0 bridgehead atoms. The van der Waals surface area contributed by atoms with E-state index in [2.05, 4.69) is 16.8 Å². The Hall–Kier alpha value is -0.940. The van der Waals surface area contributed by atoms with Crippen molar-refractivity contribution in [1.29, 1.82) is 0 Å². The number of aryl methyl sites for hydroxylation is 1. The van der Waals surface area contributed by atoms with Gasteiger partial charge in [-0.05, 0) is 49.6 Å². The Labute approximate surface area is 123 Å². The second-order valence-electron chi connectivity index (χ2n) is 5.28. The number of thiocarbonyl (C=S) groups is 1. The van der Waals surface area contributed by atoms with Crippen molar-refractivity contribution in [2.24, 2.45) is 5.73 Å². The van der Waals surface area contributed by atoms with Gasteiger partial charge < -0.3 is 11.1 Å². The first-order chi connectivity index (χ1) is 8.98. The van der Waals surface area contributed by atoms with Crippen LogP contribution in [0.15, 0.2) is 11.4 Å². The molecule has 1 aliphatic carbocycles. The second kappa shape index (κ2) is 5.59. The van der Waals surface area contributed by atoms with Crippen LogP contribution in [-0.4, -0.2) is 16.4 Å². The lowest BCUT2D eigenvalue weighted by Crippen LogP contribution is -2.55. The Morgan fingerprint density at radius 3 is 3.05 bits per heavy atom. The Bertz CT molecular complexity index is 497. The third-order valence-electron chi connectivity index (χ3n) is 4.02. The summed E-state index contributed by atoms with van der Waals surface area (Å²) in [6.07, 6.45) is 3.78. The fraction of sp³-hybridized carbons (Fsp3) is 0.571. The molecule has 3 nitrogen and oxygen atoms in total. The standard InChI is InChI=1S/C14H20N2OS2/c1-3-14(2,13(15)18)16-12(17)10-5-4-6-11-9(10)7-8-19-11/h7-8,10H,3-6H2,1-2H3,(H2,15,18)(H,16,17). The summed E-state index contributed by atoms with van der Waals surface area (Å²) in [5.41, 5.74) is 6.36. The van der Waals surface area contributed by atoms with Gasteiger partial charge in [-0.3, -0.25) is 4.79 Å². The molecule has 1 aromatic rings. The highest BCUT2D eigenvalue weighted by Crippen LogP contribution is 2.35. The van der Waals surface area contributed by atoms with Gasteiger partial charge in [0.05, 0.1) is 16.4 Å². The van der Waals surface area contributed by atoms with Crippen molar-refractivity contribution in [3.8, 4) is 0 Å². The van der Waals surface area contributed by atoms with Gasteiger partial charge in [-0.1, -0.05) is 19.1 Å². The predicted molar refractivity (Wildman–Crippen MR) is 83.6 cm³/mol. The van der Waals surface area contributed by atoms with Crippen molar-refractivity contribution in [1.82, 2.24) is 5.32 Å². The summed E-state index contributed by atoms with van der Waals surface area (Å²) in [4.78, 5) is 14.2. The van der Waals surface area contributed by atoms with Crippen molar-refractivity contribution < 1.29 is 4.79 Å². The Morgan fingerprint density at radius 1 is 1.68 bits per heavy atom. The van der Waals surface area contributed by atoms with Crippen molar-refractivity contribution in [3.63, 3.8) is 0 Å². The molecule has 104 valence electrons. The zero-order chi connectivity index (χ0) is 14.0. The normalized spacial score (nSPS) is 21.3. The molecule has 0 aliphatic heterocycles. The fourth-order valence-corrected chi connectivity index (χ4v) is 3.62. The largest absolute Gasteiger partial charge is 0.391 e. The first-order valence-corrected chi connectivity index (χ1v) is 7.95. The SMILES string of the molecule is CCC(C)(NC(=O)C1CCCc2sccc21)C(N)=S. The van der Waals surface area contributed by atoms with Crippen LogP contribution in [0, 0.1) is 0 Å². The van der Waals surface area contributed by atoms with Gasteiger partial charge in [0.1, 0.15) is 0 Å². The van der Waals surface area contributed by atoms with Gasteiger partial charge in [0.2, 0.25) is 5.91 Å². The summed E-state index contributed by atoms with van der Waals surface area (Å²) < 4.78 is 0. The molecular formula is C14H20N2OS2. The molecule has 0 saturated heterocycles. The first kappa shape index (κ1) is 14.5. The van der Waals surface area contributed by atoms with Crippen LogP contribution in [0.5, 0.6) is 0 Å². The molecule has 5 heteroatoms. The molecule has 2 atom stereocenters. The minimum Gasteiger partial charge on any atom is -0.391 e. The van der Waals surface area contributed by atoms with E-state index in [-0.39, 0.29) is 11.8 Å². The summed E-state index contributed by atoms with van der Waals surface area (Å²) in [6.45, 7) is 3.88. The molecular weight excluding hydrogens is 276 g/mol. The van der Waals surface area contributed by atoms with E-state index in [9.17, 15) is 4.79 Å². The molecule has 19 heavy (non-hydrogen) atoms. The molecule has 1 aromatic heterocycles. The molecule has 3 N–H and O–H groups in total. The van der Waals surface area contributed by atoms with Crippen LogP contribution >= 0.6 is 23.6 Å². The highest BCUT2D eigenvalue weighted by molar-refractivity contribution is 7.80. The maximum atomic E-state index is 12.5. The van der Waals surface area contributed by atoms with Crippen molar-refractivity contribution >= 4 is 34.5 Å². The van der Waals surface area contributed by atoms with Gasteiger partial charge in [0, 0.05) is 4.88 Å². The summed E-state index contributed by atoms with van der Waals surface area (Å²) in [5, 5.41) is 5.11. The molecule has 0 radical (unpaired) electrons. The average molecular weight is 296 g/mol. The number of nitrogens with one attached hydrogen (secondary N) is 1. The Kier molecular flexibility index (Phi) is 4.26. The molecule has 0 fully saturated rings. The molecule has 1 aliphatic rings. The smallest absolute Gasteiger partial charge is 0.228 e. The van der Waals surface area contributed by atoms with Gasteiger partial charge in [-0.25, -0.2) is 0 Å². The zero-order valence-electron chi connectivity index (χ0n) is 11.4. The van der Waals surface area contributed by atoms with E-state index in [1.54, 1.807) is 11.3 Å². The predicted octanol–water partition coefficient (Wildman–Crippen LogP) is 2.74. The van der Waals surface area contributed by atoms with Crippen LogP contribution in [0.3, 0.4) is 0 Å². The minimum absolute atomic E-state index is 0.0461. The maximum absolute atomic E-state index is 12.5. The van der Waals surface area contributed by atoms with Crippen LogP contribution in [0.2, 0.25) is 0 Å². The number of rotatable bonds is 4. The molecule has 0 saturated carbocycles. The molecule has 2 unspecified atom stereocenters. The summed E-state index contributed by atoms with van der Waals surface area (Å²) in [6, 6.07) is 2.08. The lowest BCUT2D eigenvalue weighted by Gasteiger charge is -2.31. The summed E-state index contributed by atoms with van der Waals surface area (Å²) in [5.74, 6) is 0.00623. The molecule has 0 spiro atoms. The van der Waals surface area contributed by atoms with Gasteiger partial charge in [0.25, 0.3) is 0 Å². The third kappa shape index (κ3) is 2.82. The topological polar surface area (TPSA) is 55.1 Å². The van der Waals surface area contributed by atoms with E-state index in [4.69, 9.17) is 18.0 Å². The summed E-state index contributed by atoms with van der Waals surface area (Å²) in [7, 11) is 0. The van der Waals surface area contributed by atoms with Crippen molar-refractivity contribution in [2.75, 3.05) is 0 Å². The van der Waals surface area contributed by atoms with E-state index in [0.717, 1.165) is 19.3 Å². The lowest BCUT2D eigenvalue weighted by molar-refractivity contribution is -0.124. The van der Waals surface area contributed by atoms with E-state index in [1.165, 1.54) is 10.4 Å². The van der Waals surface area contributed by atoms with E-state index < -0.39 is 5.54 Å². The van der Waals surface area contributed by atoms with Gasteiger partial charge in [-0.2, -0.15) is 0 Å². The number of hydrogen-bond donors (Lipinski definition) is 2. The van der Waals surface area contributed by atoms with E-state index in [1.807, 2.05) is 13.8 Å². The fourth-order valence-electron chi connectivity index (χ4n) is 2.44.